The number of anilines is 1. The second-order valence-corrected chi connectivity index (χ2v) is 6.01. The molecule has 0 bridgehead atoms. The topological polar surface area (TPSA) is 112 Å². The molecule has 0 aliphatic carbocycles. The Bertz CT molecular complexity index is 563. The zero-order valence-electron chi connectivity index (χ0n) is 14.5. The zero-order valence-corrected chi connectivity index (χ0v) is 14.5. The molecule has 0 radical (unpaired) electrons. The number of ether oxygens (including phenoxy) is 1. The van der Waals surface area contributed by atoms with Crippen molar-refractivity contribution >= 4 is 17.7 Å². The van der Waals surface area contributed by atoms with Gasteiger partial charge in [-0.3, -0.25) is 10.2 Å². The summed E-state index contributed by atoms with van der Waals surface area (Å²) < 4.78 is 5.69. The summed E-state index contributed by atoms with van der Waals surface area (Å²) in [5.41, 5.74) is 9.47. The minimum atomic E-state index is -0.961. The average molecular weight is 338 g/mol. The standard InChI is InChI=1S/C16H26N4O4/c1-10(2)9-24-14-6-5-13(7-11(14)3)18-20-19-16(23)17-8-12(4)15(21)22/h5-7,10,12,18,20H,8-9H2,1-4H3,(H,21,22)(H2,17,19,23)/t12-/m0/s1. The fourth-order valence-electron chi connectivity index (χ4n) is 1.68. The normalized spacial score (nSPS) is 11.7. The zero-order chi connectivity index (χ0) is 18.1. The average Bonchev–Trinajstić information content (AvgIpc) is 2.51. The highest BCUT2D eigenvalue weighted by atomic mass is 16.5. The van der Waals surface area contributed by atoms with Gasteiger partial charge in [0.15, 0.2) is 0 Å². The first-order valence-corrected chi connectivity index (χ1v) is 7.80. The van der Waals surface area contributed by atoms with Crippen molar-refractivity contribution < 1.29 is 19.4 Å². The van der Waals surface area contributed by atoms with Gasteiger partial charge in [0, 0.05) is 6.54 Å². The van der Waals surface area contributed by atoms with Crippen molar-refractivity contribution in [1.29, 1.82) is 0 Å². The third kappa shape index (κ3) is 7.19. The SMILES string of the molecule is Cc1cc(NNNC(=O)NC[C@H](C)C(=O)O)ccc1OCC(C)C. The Balaban J connectivity index is 2.36. The second-order valence-electron chi connectivity index (χ2n) is 6.01. The molecule has 0 fully saturated rings. The predicted octanol–water partition coefficient (Wildman–Crippen LogP) is 1.88. The van der Waals surface area contributed by atoms with Gasteiger partial charge in [0.25, 0.3) is 0 Å². The third-order valence-electron chi connectivity index (χ3n) is 3.12. The van der Waals surface area contributed by atoms with Crippen LogP contribution in [0.5, 0.6) is 5.75 Å². The Morgan fingerprint density at radius 2 is 1.96 bits per heavy atom. The summed E-state index contributed by atoms with van der Waals surface area (Å²) in [5, 5.41) is 11.2. The summed E-state index contributed by atoms with van der Waals surface area (Å²) >= 11 is 0. The van der Waals surface area contributed by atoms with Crippen molar-refractivity contribution in [2.24, 2.45) is 11.8 Å². The van der Waals surface area contributed by atoms with Crippen LogP contribution in [0.3, 0.4) is 0 Å². The van der Waals surface area contributed by atoms with Gasteiger partial charge in [-0.05, 0) is 36.6 Å². The van der Waals surface area contributed by atoms with Crippen molar-refractivity contribution in [2.45, 2.75) is 27.7 Å². The number of hydrogen-bond donors (Lipinski definition) is 5. The van der Waals surface area contributed by atoms with E-state index in [0.717, 1.165) is 17.0 Å². The van der Waals surface area contributed by atoms with Crippen molar-refractivity contribution in [3.05, 3.63) is 23.8 Å². The van der Waals surface area contributed by atoms with Crippen LogP contribution in [0.25, 0.3) is 0 Å². The minimum absolute atomic E-state index is 0.0455. The number of nitrogens with one attached hydrogen (secondary N) is 4. The summed E-state index contributed by atoms with van der Waals surface area (Å²) in [6.07, 6.45) is 0. The number of aliphatic carboxylic acids is 1. The molecule has 1 rings (SSSR count). The van der Waals surface area contributed by atoms with Gasteiger partial charge in [0.1, 0.15) is 5.75 Å². The monoisotopic (exact) mass is 338 g/mol. The lowest BCUT2D eigenvalue weighted by molar-refractivity contribution is -0.140. The molecule has 1 aromatic carbocycles. The first-order valence-electron chi connectivity index (χ1n) is 7.80. The van der Waals surface area contributed by atoms with E-state index in [-0.39, 0.29) is 6.54 Å². The van der Waals surface area contributed by atoms with Gasteiger partial charge in [-0.25, -0.2) is 4.79 Å². The number of aryl methyl sites for hydroxylation is 1. The van der Waals surface area contributed by atoms with Gasteiger partial charge < -0.3 is 20.6 Å². The number of amides is 2. The number of benzene rings is 1. The van der Waals surface area contributed by atoms with Gasteiger partial charge >= 0.3 is 12.0 Å². The third-order valence-corrected chi connectivity index (χ3v) is 3.12. The molecule has 5 N–H and O–H groups in total. The fourth-order valence-corrected chi connectivity index (χ4v) is 1.68. The van der Waals surface area contributed by atoms with Gasteiger partial charge in [-0.15, -0.1) is 5.53 Å². The van der Waals surface area contributed by atoms with E-state index in [1.54, 1.807) is 0 Å². The Morgan fingerprint density at radius 3 is 2.54 bits per heavy atom. The molecule has 134 valence electrons. The number of urea groups is 1. The summed E-state index contributed by atoms with van der Waals surface area (Å²) in [6, 6.07) is 5.04. The largest absolute Gasteiger partial charge is 0.493 e. The molecule has 8 nitrogen and oxygen atoms in total. The van der Waals surface area contributed by atoms with Crippen LogP contribution >= 0.6 is 0 Å². The lowest BCUT2D eigenvalue weighted by Gasteiger charge is -2.14. The summed E-state index contributed by atoms with van der Waals surface area (Å²) in [4.78, 5) is 22.1. The maximum Gasteiger partial charge on any atom is 0.330 e. The van der Waals surface area contributed by atoms with E-state index in [9.17, 15) is 9.59 Å². The van der Waals surface area contributed by atoms with Crippen LogP contribution < -0.4 is 26.4 Å². The van der Waals surface area contributed by atoms with Gasteiger partial charge in [-0.1, -0.05) is 20.8 Å². The summed E-state index contributed by atoms with van der Waals surface area (Å²) in [6.45, 7) is 8.33. The lowest BCUT2D eigenvalue weighted by atomic mass is 10.2. The molecule has 2 amide bonds. The van der Waals surface area contributed by atoms with Crippen LogP contribution in [0.1, 0.15) is 26.3 Å². The van der Waals surface area contributed by atoms with E-state index < -0.39 is 17.9 Å². The number of hydrogen-bond acceptors (Lipinski definition) is 5. The number of carboxylic acid groups (broad SMARTS) is 1. The molecule has 0 heterocycles. The van der Waals surface area contributed by atoms with Crippen molar-refractivity contribution in [1.82, 2.24) is 16.3 Å². The second kappa shape index (κ2) is 9.61. The first-order chi connectivity index (χ1) is 11.3. The van der Waals surface area contributed by atoms with Crippen LogP contribution in [-0.2, 0) is 4.79 Å². The van der Waals surface area contributed by atoms with E-state index >= 15 is 0 Å². The van der Waals surface area contributed by atoms with Crippen molar-refractivity contribution in [2.75, 3.05) is 18.6 Å². The molecule has 0 saturated heterocycles. The Morgan fingerprint density at radius 1 is 1.25 bits per heavy atom. The van der Waals surface area contributed by atoms with Crippen LogP contribution in [0, 0.1) is 18.8 Å². The predicted molar refractivity (Wildman–Crippen MR) is 91.6 cm³/mol. The maximum absolute atomic E-state index is 11.5. The molecular formula is C16H26N4O4. The van der Waals surface area contributed by atoms with Crippen molar-refractivity contribution in [3.8, 4) is 5.75 Å². The number of hydrazine groups is 2. The molecule has 0 saturated carbocycles. The smallest absolute Gasteiger partial charge is 0.330 e. The first kappa shape index (κ1) is 19.6. The van der Waals surface area contributed by atoms with Gasteiger partial charge in [0.2, 0.25) is 0 Å². The highest BCUT2D eigenvalue weighted by molar-refractivity contribution is 5.75. The molecule has 1 atom stereocenters. The van der Waals surface area contributed by atoms with Crippen LogP contribution in [0.2, 0.25) is 0 Å². The quantitative estimate of drug-likeness (QED) is 0.440. The highest BCUT2D eigenvalue weighted by Gasteiger charge is 2.11. The van der Waals surface area contributed by atoms with E-state index in [2.05, 4.69) is 35.6 Å². The Kier molecular flexibility index (Phi) is 7.84. The molecule has 0 aromatic heterocycles. The molecular weight excluding hydrogens is 312 g/mol. The molecule has 8 heteroatoms. The molecule has 0 spiro atoms. The van der Waals surface area contributed by atoms with E-state index in [0.29, 0.717) is 12.5 Å². The number of rotatable bonds is 9. The van der Waals surface area contributed by atoms with Gasteiger partial charge in [0.05, 0.1) is 18.2 Å². The van der Waals surface area contributed by atoms with Crippen LogP contribution in [0.4, 0.5) is 10.5 Å². The Labute approximate surface area is 141 Å². The van der Waals surface area contributed by atoms with Crippen LogP contribution in [0.15, 0.2) is 18.2 Å². The molecule has 0 unspecified atom stereocenters. The molecule has 0 aliphatic heterocycles. The lowest BCUT2D eigenvalue weighted by Crippen LogP contribution is -2.48. The van der Waals surface area contributed by atoms with Gasteiger partial charge in [-0.2, -0.15) is 0 Å². The molecule has 0 aliphatic rings. The van der Waals surface area contributed by atoms with Crippen LogP contribution in [-0.4, -0.2) is 30.3 Å². The molecule has 1 aromatic rings. The minimum Gasteiger partial charge on any atom is -0.493 e. The summed E-state index contributed by atoms with van der Waals surface area (Å²) in [7, 11) is 0. The number of carboxylic acids is 1. The number of carbonyl (C=O) groups is 2. The number of carbonyl (C=O) groups excluding carboxylic acids is 1. The Hall–Kier alpha value is -2.48. The van der Waals surface area contributed by atoms with E-state index in [1.165, 1.54) is 6.92 Å². The fraction of sp³-hybridized carbons (Fsp3) is 0.500. The molecule has 24 heavy (non-hydrogen) atoms. The van der Waals surface area contributed by atoms with E-state index in [1.807, 2.05) is 25.1 Å². The summed E-state index contributed by atoms with van der Waals surface area (Å²) in [5.74, 6) is -0.334. The maximum atomic E-state index is 11.5. The van der Waals surface area contributed by atoms with E-state index in [4.69, 9.17) is 9.84 Å². The van der Waals surface area contributed by atoms with Crippen molar-refractivity contribution in [3.63, 3.8) is 0 Å². The highest BCUT2D eigenvalue weighted by Crippen LogP contribution is 2.21.